The zero-order chi connectivity index (χ0) is 29.5. The third kappa shape index (κ3) is 5.69. The molecule has 42 heavy (non-hydrogen) atoms. The molecular weight excluding hydrogens is 547 g/mol. The Kier molecular flexibility index (Phi) is 7.83. The number of piperidine rings is 1. The molecule has 1 atom stereocenters. The van der Waals surface area contributed by atoms with Crippen molar-refractivity contribution in [1.82, 2.24) is 14.8 Å². The van der Waals surface area contributed by atoms with Gasteiger partial charge in [0.25, 0.3) is 0 Å². The topological polar surface area (TPSA) is 114 Å². The van der Waals surface area contributed by atoms with Gasteiger partial charge in [-0.2, -0.15) is 0 Å². The second-order valence-corrected chi connectivity index (χ2v) is 15.2. The highest BCUT2D eigenvalue weighted by molar-refractivity contribution is 7.70. The molecule has 2 aromatic carbocycles. The molecule has 3 aliphatic heterocycles. The van der Waals surface area contributed by atoms with E-state index in [2.05, 4.69) is 49.5 Å². The summed E-state index contributed by atoms with van der Waals surface area (Å²) in [6.45, 7) is 10.2. The Hall–Kier alpha value is -3.30. The minimum atomic E-state index is -2.53. The number of piperazine rings is 1. The summed E-state index contributed by atoms with van der Waals surface area (Å²) >= 11 is 0. The number of likely N-dealkylation sites (N-methyl/N-ethyl adjacent to an activating group) is 1. The zero-order valence-corrected chi connectivity index (χ0v) is 26.0. The lowest BCUT2D eigenvalue weighted by atomic mass is 10.00. The van der Waals surface area contributed by atoms with Crippen LogP contribution in [0.3, 0.4) is 0 Å². The van der Waals surface area contributed by atoms with Gasteiger partial charge in [-0.15, -0.1) is 0 Å². The van der Waals surface area contributed by atoms with Crippen molar-refractivity contribution in [3.8, 4) is 5.75 Å². The largest absolute Gasteiger partial charge is 0.496 e. The van der Waals surface area contributed by atoms with Crippen LogP contribution in [0.5, 0.6) is 5.75 Å². The molecular formula is C31H43N8O2P. The molecule has 11 heteroatoms. The lowest BCUT2D eigenvalue weighted by Gasteiger charge is -2.42. The lowest BCUT2D eigenvalue weighted by Crippen LogP contribution is -2.52. The van der Waals surface area contributed by atoms with Gasteiger partial charge in [-0.05, 0) is 63.6 Å². The van der Waals surface area contributed by atoms with Gasteiger partial charge in [-0.25, -0.2) is 4.99 Å². The van der Waals surface area contributed by atoms with Crippen LogP contribution in [0.1, 0.15) is 24.1 Å². The van der Waals surface area contributed by atoms with Crippen LogP contribution < -0.4 is 31.3 Å². The number of aromatic amines is 1. The Labute approximate surface area is 248 Å². The average molecular weight is 591 g/mol. The number of amidine groups is 1. The van der Waals surface area contributed by atoms with E-state index in [0.29, 0.717) is 17.6 Å². The van der Waals surface area contributed by atoms with E-state index in [0.717, 1.165) is 85.7 Å². The molecule has 0 saturated carbocycles. The number of nitrogens with two attached hydrogens (primary N) is 1. The Bertz CT molecular complexity index is 1500. The van der Waals surface area contributed by atoms with Crippen LogP contribution in [-0.2, 0) is 10.4 Å². The van der Waals surface area contributed by atoms with E-state index in [9.17, 15) is 4.57 Å². The van der Waals surface area contributed by atoms with Crippen molar-refractivity contribution in [2.45, 2.75) is 24.7 Å². The van der Waals surface area contributed by atoms with E-state index in [-0.39, 0.29) is 0 Å². The Balaban J connectivity index is 1.25. The Morgan fingerprint density at radius 3 is 2.50 bits per heavy atom. The van der Waals surface area contributed by atoms with E-state index in [4.69, 9.17) is 15.5 Å². The van der Waals surface area contributed by atoms with Crippen molar-refractivity contribution in [3.05, 3.63) is 66.0 Å². The number of aliphatic imine (C=N–C) groups is 1. The molecule has 1 unspecified atom stereocenters. The maximum absolute atomic E-state index is 13.0. The molecule has 0 amide bonds. The molecule has 1 aromatic heterocycles. The highest BCUT2D eigenvalue weighted by Gasteiger charge is 2.37. The molecule has 6 rings (SSSR count). The normalized spacial score (nSPS) is 22.3. The van der Waals surface area contributed by atoms with Crippen molar-refractivity contribution in [1.29, 1.82) is 0 Å². The van der Waals surface area contributed by atoms with Crippen LogP contribution in [-0.4, -0.2) is 93.4 Å². The number of hydrogen-bond acceptors (Lipinski definition) is 9. The number of nitrogens with zero attached hydrogens (tertiary/aromatic N) is 4. The van der Waals surface area contributed by atoms with E-state index in [1.165, 1.54) is 0 Å². The standard InChI is InChI=1S/C31H43N8O2P/c1-37-17-19-39(20-18-37)22-12-15-38(16-13-22)23-9-10-24(27(21-23)41-2)31(32)35-26-11-14-33-29(26)30(36-31)34-25-7-5-6-8-28(25)42(3,4)40/h5-11,14,21-22,33,35H,12-13,15-20,32H2,1-4H3,(H,34,36). The van der Waals surface area contributed by atoms with Gasteiger partial charge in [0.15, 0.2) is 5.84 Å². The number of aromatic nitrogens is 1. The molecule has 0 spiro atoms. The fourth-order valence-electron chi connectivity index (χ4n) is 6.40. The number of anilines is 3. The summed E-state index contributed by atoms with van der Waals surface area (Å²) in [4.78, 5) is 15.8. The van der Waals surface area contributed by atoms with Crippen molar-refractivity contribution in [3.63, 3.8) is 0 Å². The summed E-state index contributed by atoms with van der Waals surface area (Å²) in [5, 5.41) is 7.60. The SMILES string of the molecule is COc1cc(N2CCC(N3CCN(C)CC3)CC2)ccc1C1(N)N=C(Nc2ccccc2P(C)(C)=O)c2[nH]ccc2N1. The van der Waals surface area contributed by atoms with Crippen molar-refractivity contribution in [2.24, 2.45) is 10.7 Å². The van der Waals surface area contributed by atoms with Crippen LogP contribution in [0.15, 0.2) is 59.7 Å². The monoisotopic (exact) mass is 590 g/mol. The highest BCUT2D eigenvalue weighted by atomic mass is 31.2. The quantitative estimate of drug-likeness (QED) is 0.323. The molecule has 0 radical (unpaired) electrons. The van der Waals surface area contributed by atoms with E-state index < -0.39 is 12.9 Å². The fourth-order valence-corrected chi connectivity index (χ4v) is 7.55. The first-order valence-electron chi connectivity index (χ1n) is 14.8. The van der Waals surface area contributed by atoms with Gasteiger partial charge >= 0.3 is 0 Å². The number of hydrogen-bond donors (Lipinski definition) is 4. The van der Waals surface area contributed by atoms with Crippen molar-refractivity contribution >= 4 is 35.3 Å². The molecule has 4 heterocycles. The first-order valence-corrected chi connectivity index (χ1v) is 17.4. The minimum Gasteiger partial charge on any atom is -0.496 e. The summed E-state index contributed by atoms with van der Waals surface area (Å²) in [5.74, 6) is -0.0422. The summed E-state index contributed by atoms with van der Waals surface area (Å²) in [7, 11) is 1.35. The molecule has 2 saturated heterocycles. The molecule has 3 aliphatic rings. The van der Waals surface area contributed by atoms with E-state index >= 15 is 0 Å². The van der Waals surface area contributed by atoms with E-state index in [1.807, 2.05) is 42.6 Å². The van der Waals surface area contributed by atoms with Gasteiger partial charge in [0.05, 0.1) is 24.0 Å². The van der Waals surface area contributed by atoms with Crippen LogP contribution in [0.4, 0.5) is 17.1 Å². The third-order valence-electron chi connectivity index (χ3n) is 8.81. The first-order chi connectivity index (χ1) is 20.1. The van der Waals surface area contributed by atoms with Gasteiger partial charge in [0.1, 0.15) is 18.6 Å². The molecule has 2 fully saturated rings. The maximum atomic E-state index is 13.0. The number of H-pyrrole nitrogens is 1. The average Bonchev–Trinajstić information content (AvgIpc) is 3.45. The van der Waals surface area contributed by atoms with Gasteiger partial charge in [-0.3, -0.25) is 10.6 Å². The van der Waals surface area contributed by atoms with Gasteiger partial charge in [-0.1, -0.05) is 12.1 Å². The predicted molar refractivity (Wildman–Crippen MR) is 173 cm³/mol. The van der Waals surface area contributed by atoms with Gasteiger partial charge < -0.3 is 34.7 Å². The predicted octanol–water partition coefficient (Wildman–Crippen LogP) is 3.54. The van der Waals surface area contributed by atoms with Crippen LogP contribution in [0.2, 0.25) is 0 Å². The number of fused-ring (bicyclic) bond motifs is 1. The van der Waals surface area contributed by atoms with Crippen LogP contribution in [0, 0.1) is 0 Å². The van der Waals surface area contributed by atoms with Gasteiger partial charge in [0.2, 0.25) is 5.79 Å². The number of benzene rings is 2. The summed E-state index contributed by atoms with van der Waals surface area (Å²) in [6.07, 6.45) is 4.18. The molecule has 5 N–H and O–H groups in total. The zero-order valence-electron chi connectivity index (χ0n) is 25.1. The smallest absolute Gasteiger partial charge is 0.215 e. The molecule has 0 bridgehead atoms. The third-order valence-corrected chi connectivity index (χ3v) is 10.4. The van der Waals surface area contributed by atoms with Crippen molar-refractivity contribution in [2.75, 3.05) is 82.3 Å². The van der Waals surface area contributed by atoms with E-state index in [1.54, 1.807) is 20.4 Å². The second kappa shape index (κ2) is 11.4. The Morgan fingerprint density at radius 2 is 1.79 bits per heavy atom. The highest BCUT2D eigenvalue weighted by Crippen LogP contribution is 2.40. The number of rotatable bonds is 6. The lowest BCUT2D eigenvalue weighted by molar-refractivity contribution is 0.0982. The number of ether oxygens (including phenoxy) is 1. The summed E-state index contributed by atoms with van der Waals surface area (Å²) in [6, 6.07) is 16.5. The summed E-state index contributed by atoms with van der Waals surface area (Å²) < 4.78 is 18.9. The van der Waals surface area contributed by atoms with Crippen LogP contribution in [0.25, 0.3) is 0 Å². The number of nitrogens with one attached hydrogen (secondary N) is 3. The van der Waals surface area contributed by atoms with Crippen molar-refractivity contribution < 1.29 is 9.30 Å². The molecule has 10 nitrogen and oxygen atoms in total. The Morgan fingerprint density at radius 1 is 1.05 bits per heavy atom. The summed E-state index contributed by atoms with van der Waals surface area (Å²) in [5.41, 5.74) is 11.2. The number of methoxy groups -OCH3 is 1. The second-order valence-electron chi connectivity index (χ2n) is 12.1. The molecule has 3 aromatic rings. The first kappa shape index (κ1) is 28.8. The maximum Gasteiger partial charge on any atom is 0.215 e. The fraction of sp³-hybridized carbons (Fsp3) is 0.452. The number of para-hydroxylation sites is 1. The van der Waals surface area contributed by atoms with Gasteiger partial charge in [0, 0.05) is 68.6 Å². The van der Waals surface area contributed by atoms with Crippen LogP contribution >= 0.6 is 7.14 Å². The minimum absolute atomic E-state index is 0.564. The molecule has 0 aliphatic carbocycles. The molecule has 224 valence electrons.